The third kappa shape index (κ3) is 3.10. The van der Waals surface area contributed by atoms with Crippen LogP contribution in [0.15, 0.2) is 28.6 Å². The molecular weight excluding hydrogens is 310 g/mol. The van der Waals surface area contributed by atoms with Gasteiger partial charge in [0.25, 0.3) is 0 Å². The molecule has 0 aliphatic carbocycles. The maximum atomic E-state index is 13.4. The summed E-state index contributed by atoms with van der Waals surface area (Å²) in [6, 6.07) is 4.97. The molecule has 2 nitrogen and oxygen atoms in total. The largest absolute Gasteiger partial charge is 0.487 e. The van der Waals surface area contributed by atoms with Gasteiger partial charge in [-0.3, -0.25) is 0 Å². The average molecular weight is 327 g/mol. The molecule has 1 aliphatic rings. The van der Waals surface area contributed by atoms with E-state index in [1.54, 1.807) is 18.1 Å². The smallest absolute Gasteiger partial charge is 0.400 e. The van der Waals surface area contributed by atoms with Crippen molar-refractivity contribution in [3.05, 3.63) is 40.0 Å². The standard InChI is InChI=1S/C14H17BBrFO2/c1-13(2)14(3,4)19-15(18-13)8-7-10-5-6-11(16)12(17)9-10/h5-9H,1-4H3/b8-7+. The Morgan fingerprint density at radius 1 is 1.16 bits per heavy atom. The van der Waals surface area contributed by atoms with Crippen LogP contribution in [0.5, 0.6) is 0 Å². The molecule has 0 saturated carbocycles. The second-order valence-corrected chi connectivity index (χ2v) is 6.51. The zero-order valence-corrected chi connectivity index (χ0v) is 13.1. The van der Waals surface area contributed by atoms with Crippen LogP contribution in [0.2, 0.25) is 0 Å². The van der Waals surface area contributed by atoms with Gasteiger partial charge in [0.2, 0.25) is 0 Å². The minimum absolute atomic E-state index is 0.281. The fourth-order valence-corrected chi connectivity index (χ4v) is 2.02. The lowest BCUT2D eigenvalue weighted by molar-refractivity contribution is 0.00578. The van der Waals surface area contributed by atoms with E-state index < -0.39 is 7.12 Å². The minimum Gasteiger partial charge on any atom is -0.400 e. The van der Waals surface area contributed by atoms with Gasteiger partial charge in [0.1, 0.15) is 5.82 Å². The van der Waals surface area contributed by atoms with Gasteiger partial charge in [-0.2, -0.15) is 0 Å². The third-order valence-corrected chi connectivity index (χ3v) is 4.30. The van der Waals surface area contributed by atoms with Gasteiger partial charge in [-0.1, -0.05) is 18.1 Å². The van der Waals surface area contributed by atoms with Gasteiger partial charge in [0.05, 0.1) is 15.7 Å². The van der Waals surface area contributed by atoms with Crippen molar-refractivity contribution in [1.29, 1.82) is 0 Å². The van der Waals surface area contributed by atoms with Crippen molar-refractivity contribution in [3.63, 3.8) is 0 Å². The third-order valence-electron chi connectivity index (χ3n) is 3.66. The van der Waals surface area contributed by atoms with Gasteiger partial charge in [-0.25, -0.2) is 4.39 Å². The molecule has 0 bridgehead atoms. The SMILES string of the molecule is CC1(C)OB(/C=C/c2ccc(Br)c(F)c2)OC1(C)C. The highest BCUT2D eigenvalue weighted by Crippen LogP contribution is 2.37. The molecule has 0 atom stereocenters. The van der Waals surface area contributed by atoms with E-state index in [1.165, 1.54) is 6.07 Å². The average Bonchev–Trinajstić information content (AvgIpc) is 2.49. The summed E-state index contributed by atoms with van der Waals surface area (Å²) in [5.74, 6) is 1.52. The Kier molecular flexibility index (Phi) is 3.91. The van der Waals surface area contributed by atoms with Crippen molar-refractivity contribution >= 4 is 29.1 Å². The molecule has 0 N–H and O–H groups in total. The highest BCUT2D eigenvalue weighted by Gasteiger charge is 2.49. The molecule has 0 spiro atoms. The molecule has 0 radical (unpaired) electrons. The number of hydrogen-bond donors (Lipinski definition) is 0. The second-order valence-electron chi connectivity index (χ2n) is 5.66. The zero-order chi connectivity index (χ0) is 14.3. The Balaban J connectivity index is 2.10. The van der Waals surface area contributed by atoms with E-state index in [4.69, 9.17) is 9.31 Å². The molecule has 2 rings (SSSR count). The number of benzene rings is 1. The van der Waals surface area contributed by atoms with Crippen LogP contribution in [-0.4, -0.2) is 18.3 Å². The van der Waals surface area contributed by atoms with Crippen molar-refractivity contribution < 1.29 is 13.7 Å². The lowest BCUT2D eigenvalue weighted by Gasteiger charge is -2.32. The number of halogens is 2. The van der Waals surface area contributed by atoms with Gasteiger partial charge in [0, 0.05) is 0 Å². The minimum atomic E-state index is -0.406. The summed E-state index contributed by atoms with van der Waals surface area (Å²) >= 11 is 3.13. The van der Waals surface area contributed by atoms with Gasteiger partial charge in [-0.15, -0.1) is 0 Å². The first-order chi connectivity index (χ1) is 8.71. The Bertz CT molecular complexity index is 498. The summed E-state index contributed by atoms with van der Waals surface area (Å²) in [6.45, 7) is 8.00. The molecule has 1 heterocycles. The molecule has 102 valence electrons. The van der Waals surface area contributed by atoms with E-state index >= 15 is 0 Å². The molecule has 5 heteroatoms. The summed E-state index contributed by atoms with van der Waals surface area (Å²) < 4.78 is 25.5. The molecular formula is C14H17BBrFO2. The Hall–Kier alpha value is -0.645. The molecule has 1 fully saturated rings. The van der Waals surface area contributed by atoms with Crippen LogP contribution in [0.1, 0.15) is 33.3 Å². The monoisotopic (exact) mass is 326 g/mol. The fourth-order valence-electron chi connectivity index (χ4n) is 1.77. The number of rotatable bonds is 2. The van der Waals surface area contributed by atoms with Crippen LogP contribution in [0, 0.1) is 5.82 Å². The first-order valence-corrected chi connectivity index (χ1v) is 6.99. The van der Waals surface area contributed by atoms with E-state index in [2.05, 4.69) is 15.9 Å². The summed E-state index contributed by atoms with van der Waals surface area (Å²) in [5, 5.41) is 0. The number of hydrogen-bond acceptors (Lipinski definition) is 2. The molecule has 0 amide bonds. The van der Waals surface area contributed by atoms with Gasteiger partial charge in [0.15, 0.2) is 0 Å². The predicted octanol–water partition coefficient (Wildman–Crippen LogP) is 4.23. The lowest BCUT2D eigenvalue weighted by Crippen LogP contribution is -2.41. The normalized spacial score (nSPS) is 21.3. The summed E-state index contributed by atoms with van der Waals surface area (Å²) in [5.41, 5.74) is 0.0651. The fraction of sp³-hybridized carbons (Fsp3) is 0.429. The summed E-state index contributed by atoms with van der Waals surface area (Å²) in [7, 11) is -0.406. The molecule has 0 unspecified atom stereocenters. The van der Waals surface area contributed by atoms with Crippen molar-refractivity contribution in [3.8, 4) is 0 Å². The zero-order valence-electron chi connectivity index (χ0n) is 11.5. The molecule has 1 saturated heterocycles. The predicted molar refractivity (Wildman–Crippen MR) is 79.2 cm³/mol. The van der Waals surface area contributed by atoms with E-state index in [9.17, 15) is 4.39 Å². The Labute approximate surface area is 122 Å². The summed E-state index contributed by atoms with van der Waals surface area (Å²) in [6.07, 6.45) is 1.80. The Morgan fingerprint density at radius 2 is 1.74 bits per heavy atom. The van der Waals surface area contributed by atoms with Crippen LogP contribution in [0.25, 0.3) is 6.08 Å². The van der Waals surface area contributed by atoms with Crippen LogP contribution in [-0.2, 0) is 9.31 Å². The maximum Gasteiger partial charge on any atom is 0.487 e. The Morgan fingerprint density at radius 3 is 2.26 bits per heavy atom. The van der Waals surface area contributed by atoms with E-state index in [0.29, 0.717) is 4.47 Å². The summed E-state index contributed by atoms with van der Waals surface area (Å²) in [4.78, 5) is 0. The van der Waals surface area contributed by atoms with Crippen LogP contribution >= 0.6 is 15.9 Å². The van der Waals surface area contributed by atoms with Crippen molar-refractivity contribution in [1.82, 2.24) is 0 Å². The highest BCUT2D eigenvalue weighted by atomic mass is 79.9. The van der Waals surface area contributed by atoms with Crippen molar-refractivity contribution in [2.24, 2.45) is 0 Å². The van der Waals surface area contributed by atoms with Gasteiger partial charge >= 0.3 is 7.12 Å². The second kappa shape index (κ2) is 5.04. The molecule has 0 aromatic heterocycles. The van der Waals surface area contributed by atoms with Crippen LogP contribution in [0.4, 0.5) is 4.39 Å². The quantitative estimate of drug-likeness (QED) is 0.757. The molecule has 1 aromatic carbocycles. The van der Waals surface area contributed by atoms with Gasteiger partial charge < -0.3 is 9.31 Å². The van der Waals surface area contributed by atoms with Crippen molar-refractivity contribution in [2.45, 2.75) is 38.9 Å². The van der Waals surface area contributed by atoms with E-state index in [1.807, 2.05) is 33.8 Å². The molecule has 19 heavy (non-hydrogen) atoms. The lowest BCUT2D eigenvalue weighted by atomic mass is 9.89. The topological polar surface area (TPSA) is 18.5 Å². The van der Waals surface area contributed by atoms with Crippen LogP contribution < -0.4 is 0 Å². The van der Waals surface area contributed by atoms with Crippen LogP contribution in [0.3, 0.4) is 0 Å². The van der Waals surface area contributed by atoms with E-state index in [0.717, 1.165) is 5.56 Å². The van der Waals surface area contributed by atoms with Gasteiger partial charge in [-0.05, 0) is 61.3 Å². The first kappa shape index (κ1) is 14.8. The highest BCUT2D eigenvalue weighted by molar-refractivity contribution is 9.10. The van der Waals surface area contributed by atoms with E-state index in [-0.39, 0.29) is 17.0 Å². The van der Waals surface area contributed by atoms with Crippen molar-refractivity contribution in [2.75, 3.05) is 0 Å². The molecule has 1 aromatic rings. The molecule has 1 aliphatic heterocycles. The maximum absolute atomic E-state index is 13.4. The first-order valence-electron chi connectivity index (χ1n) is 6.20.